The topological polar surface area (TPSA) is 24.9 Å². The van der Waals surface area contributed by atoms with Crippen molar-refractivity contribution in [2.24, 2.45) is 0 Å². The Morgan fingerprint density at radius 3 is 2.48 bits per heavy atom. The van der Waals surface area contributed by atoms with Gasteiger partial charge in [-0.25, -0.2) is 8.78 Å². The normalized spacial score (nSPS) is 21.1. The summed E-state index contributed by atoms with van der Waals surface area (Å²) in [7, 11) is 0. The number of piperazine rings is 1. The number of rotatable bonds is 4. The maximum Gasteiger partial charge on any atom is 0.159 e. The summed E-state index contributed by atoms with van der Waals surface area (Å²) in [6.45, 7) is 5.34. The molecule has 0 amide bonds. The van der Waals surface area contributed by atoms with Crippen molar-refractivity contribution in [3.05, 3.63) is 29.8 Å². The average Bonchev–Trinajstić information content (AvgIpc) is 3.02. The van der Waals surface area contributed by atoms with Crippen molar-refractivity contribution in [1.29, 1.82) is 0 Å². The average molecular weight is 298 g/mol. The Morgan fingerprint density at radius 2 is 1.76 bits per heavy atom. The van der Waals surface area contributed by atoms with Crippen LogP contribution >= 0.6 is 0 Å². The first-order valence-electron chi connectivity index (χ1n) is 7.38. The van der Waals surface area contributed by atoms with Crippen LogP contribution in [0.4, 0.5) is 14.5 Å². The van der Waals surface area contributed by atoms with Crippen molar-refractivity contribution in [2.75, 3.05) is 50.8 Å². The summed E-state index contributed by atoms with van der Waals surface area (Å²) in [6.07, 6.45) is 0.776. The molecule has 2 heterocycles. The third-order valence-electron chi connectivity index (χ3n) is 3.99. The molecule has 2 saturated heterocycles. The molecule has 0 atom stereocenters. The van der Waals surface area contributed by atoms with Gasteiger partial charge >= 0.3 is 0 Å². The minimum absolute atomic E-state index is 0.0799. The Bertz CT molecular complexity index is 473. The minimum Gasteiger partial charge on any atom is -0.367 e. The molecule has 0 aliphatic carbocycles. The summed E-state index contributed by atoms with van der Waals surface area (Å²) in [6, 6.07) is 3.60. The van der Waals surface area contributed by atoms with Gasteiger partial charge in [0.15, 0.2) is 6.29 Å². The first-order chi connectivity index (χ1) is 10.2. The van der Waals surface area contributed by atoms with E-state index in [-0.39, 0.29) is 12.1 Å². The fourth-order valence-electron chi connectivity index (χ4n) is 2.80. The molecule has 6 heteroatoms. The van der Waals surface area contributed by atoms with Crippen LogP contribution in [0.25, 0.3) is 0 Å². The van der Waals surface area contributed by atoms with Crippen LogP contribution < -0.4 is 4.90 Å². The summed E-state index contributed by atoms with van der Waals surface area (Å²) in [5.41, 5.74) is 0.358. The lowest BCUT2D eigenvalue weighted by Crippen LogP contribution is -2.47. The van der Waals surface area contributed by atoms with Crippen LogP contribution in [0.3, 0.4) is 0 Å². The zero-order valence-electron chi connectivity index (χ0n) is 11.9. The molecule has 1 aromatic rings. The number of hydrogen-bond acceptors (Lipinski definition) is 4. The molecule has 21 heavy (non-hydrogen) atoms. The predicted molar refractivity (Wildman–Crippen MR) is 75.3 cm³/mol. The number of hydrogen-bond donors (Lipinski definition) is 0. The van der Waals surface area contributed by atoms with E-state index in [9.17, 15) is 8.78 Å². The zero-order valence-corrected chi connectivity index (χ0v) is 11.9. The van der Waals surface area contributed by atoms with Crippen molar-refractivity contribution in [3.8, 4) is 0 Å². The van der Waals surface area contributed by atoms with E-state index in [1.54, 1.807) is 0 Å². The standard InChI is InChI=1S/C15H20F2N2O2/c16-12-1-2-13(17)14(11-12)19-7-5-18(6-8-19)4-3-15-20-9-10-21-15/h1-2,11,15H,3-10H2. The van der Waals surface area contributed by atoms with Gasteiger partial charge in [-0.15, -0.1) is 0 Å². The first kappa shape index (κ1) is 14.7. The highest BCUT2D eigenvalue weighted by Crippen LogP contribution is 2.22. The Morgan fingerprint density at radius 1 is 1.05 bits per heavy atom. The van der Waals surface area contributed by atoms with Crippen molar-refractivity contribution in [1.82, 2.24) is 4.90 Å². The maximum absolute atomic E-state index is 13.7. The molecule has 0 radical (unpaired) electrons. The van der Waals surface area contributed by atoms with E-state index in [1.807, 2.05) is 4.90 Å². The van der Waals surface area contributed by atoms with Gasteiger partial charge in [0.25, 0.3) is 0 Å². The van der Waals surface area contributed by atoms with Crippen molar-refractivity contribution in [2.45, 2.75) is 12.7 Å². The highest BCUT2D eigenvalue weighted by molar-refractivity contribution is 5.48. The molecule has 0 saturated carbocycles. The second-order valence-electron chi connectivity index (χ2n) is 5.38. The monoisotopic (exact) mass is 298 g/mol. The molecular weight excluding hydrogens is 278 g/mol. The van der Waals surface area contributed by atoms with Gasteiger partial charge in [0.1, 0.15) is 11.6 Å². The van der Waals surface area contributed by atoms with E-state index in [1.165, 1.54) is 12.1 Å². The van der Waals surface area contributed by atoms with E-state index in [0.29, 0.717) is 32.0 Å². The molecule has 116 valence electrons. The van der Waals surface area contributed by atoms with Crippen LogP contribution in [0.1, 0.15) is 6.42 Å². The Balaban J connectivity index is 1.49. The van der Waals surface area contributed by atoms with E-state index in [2.05, 4.69) is 4.90 Å². The number of nitrogens with zero attached hydrogens (tertiary/aromatic N) is 2. The number of benzene rings is 1. The molecule has 2 aliphatic heterocycles. The van der Waals surface area contributed by atoms with Gasteiger partial charge < -0.3 is 14.4 Å². The lowest BCUT2D eigenvalue weighted by atomic mass is 10.2. The van der Waals surface area contributed by atoms with Gasteiger partial charge in [-0.2, -0.15) is 0 Å². The van der Waals surface area contributed by atoms with Gasteiger partial charge in [-0.1, -0.05) is 0 Å². The summed E-state index contributed by atoms with van der Waals surface area (Å²) >= 11 is 0. The molecule has 3 rings (SSSR count). The quantitative estimate of drug-likeness (QED) is 0.847. The minimum atomic E-state index is -0.399. The van der Waals surface area contributed by atoms with Gasteiger partial charge in [0.2, 0.25) is 0 Å². The maximum atomic E-state index is 13.7. The number of halogens is 2. The summed E-state index contributed by atoms with van der Waals surface area (Å²) in [4.78, 5) is 4.20. The van der Waals surface area contributed by atoms with E-state index < -0.39 is 5.82 Å². The van der Waals surface area contributed by atoms with Gasteiger partial charge in [0.05, 0.1) is 18.9 Å². The van der Waals surface area contributed by atoms with Crippen molar-refractivity contribution in [3.63, 3.8) is 0 Å². The summed E-state index contributed by atoms with van der Waals surface area (Å²) in [5.74, 6) is -0.762. The smallest absolute Gasteiger partial charge is 0.159 e. The molecule has 2 aliphatic rings. The van der Waals surface area contributed by atoms with E-state index >= 15 is 0 Å². The van der Waals surface area contributed by atoms with Crippen LogP contribution in [0.2, 0.25) is 0 Å². The predicted octanol–water partition coefficient (Wildman–Crippen LogP) is 1.85. The molecule has 0 N–H and O–H groups in total. The first-order valence-corrected chi connectivity index (χ1v) is 7.38. The zero-order chi connectivity index (χ0) is 14.7. The number of ether oxygens (including phenoxy) is 2. The van der Waals surface area contributed by atoms with E-state index in [0.717, 1.165) is 32.1 Å². The lowest BCUT2D eigenvalue weighted by Gasteiger charge is -2.36. The third-order valence-corrected chi connectivity index (χ3v) is 3.99. The molecule has 1 aromatic carbocycles. The molecule has 0 spiro atoms. The third kappa shape index (κ3) is 3.70. The van der Waals surface area contributed by atoms with Crippen LogP contribution in [-0.4, -0.2) is 57.1 Å². The van der Waals surface area contributed by atoms with Crippen LogP contribution in [0.5, 0.6) is 0 Å². The van der Waals surface area contributed by atoms with Crippen LogP contribution in [-0.2, 0) is 9.47 Å². The van der Waals surface area contributed by atoms with Crippen molar-refractivity contribution >= 4 is 5.69 Å². The Labute approximate surface area is 123 Å². The van der Waals surface area contributed by atoms with Gasteiger partial charge in [-0.05, 0) is 12.1 Å². The molecule has 2 fully saturated rings. The fraction of sp³-hybridized carbons (Fsp3) is 0.600. The van der Waals surface area contributed by atoms with E-state index in [4.69, 9.17) is 9.47 Å². The van der Waals surface area contributed by atoms with Gasteiger partial charge in [-0.3, -0.25) is 4.90 Å². The second kappa shape index (κ2) is 6.68. The molecule has 4 nitrogen and oxygen atoms in total. The lowest BCUT2D eigenvalue weighted by molar-refractivity contribution is -0.0516. The van der Waals surface area contributed by atoms with Crippen LogP contribution in [0, 0.1) is 11.6 Å². The molecule has 0 bridgehead atoms. The van der Waals surface area contributed by atoms with Crippen LogP contribution in [0.15, 0.2) is 18.2 Å². The SMILES string of the molecule is Fc1ccc(F)c(N2CCN(CCC3OCCO3)CC2)c1. The second-order valence-corrected chi connectivity index (χ2v) is 5.38. The fourth-order valence-corrected chi connectivity index (χ4v) is 2.80. The van der Waals surface area contributed by atoms with Crippen molar-refractivity contribution < 1.29 is 18.3 Å². The van der Waals surface area contributed by atoms with Gasteiger partial charge in [0, 0.05) is 45.2 Å². The Kier molecular flexibility index (Phi) is 4.67. The molecular formula is C15H20F2N2O2. The highest BCUT2D eigenvalue weighted by Gasteiger charge is 2.22. The highest BCUT2D eigenvalue weighted by atomic mass is 19.1. The molecule has 0 aromatic heterocycles. The summed E-state index contributed by atoms with van der Waals surface area (Å²) < 4.78 is 37.8. The largest absolute Gasteiger partial charge is 0.367 e. The Hall–Kier alpha value is -1.24. The summed E-state index contributed by atoms with van der Waals surface area (Å²) in [5, 5.41) is 0. The molecule has 0 unspecified atom stereocenters. The number of anilines is 1.